The van der Waals surface area contributed by atoms with E-state index in [0.717, 1.165) is 18.4 Å². The summed E-state index contributed by atoms with van der Waals surface area (Å²) in [6.07, 6.45) is 12.5. The highest BCUT2D eigenvalue weighted by Crippen LogP contribution is 2.21. The van der Waals surface area contributed by atoms with Crippen LogP contribution in [0.2, 0.25) is 0 Å². The number of benzene rings is 1. The molecule has 1 atom stereocenters. The van der Waals surface area contributed by atoms with Gasteiger partial charge in [0.2, 0.25) is 0 Å². The van der Waals surface area contributed by atoms with Gasteiger partial charge in [0, 0.05) is 19.1 Å². The number of allylic oxidation sites excluding steroid dienone is 2. The number of rotatable bonds is 4. The van der Waals surface area contributed by atoms with E-state index in [9.17, 15) is 0 Å². The topological polar surface area (TPSA) is 9.23 Å². The van der Waals surface area contributed by atoms with E-state index in [2.05, 4.69) is 49.1 Å². The lowest BCUT2D eigenvalue weighted by Gasteiger charge is -2.23. The standard InChI is InChI=1S/C19H22O/c1-3-4-10-17-11-6-7-12-18(17)13-16-19(20-2)14-8-5-9-15-19/h5-9,11-12,14H,3-4,10,15H2,1-2H3. The molecule has 1 aromatic rings. The summed E-state index contributed by atoms with van der Waals surface area (Å²) in [4.78, 5) is 0. The zero-order chi connectivity index (χ0) is 14.3. The van der Waals surface area contributed by atoms with Crippen LogP contribution in [-0.2, 0) is 11.2 Å². The first-order chi connectivity index (χ1) is 9.79. The molecule has 0 saturated carbocycles. The summed E-state index contributed by atoms with van der Waals surface area (Å²) in [5.74, 6) is 6.63. The van der Waals surface area contributed by atoms with Crippen molar-refractivity contribution in [2.45, 2.75) is 38.2 Å². The van der Waals surface area contributed by atoms with E-state index in [0.29, 0.717) is 0 Å². The third-order valence-corrected chi connectivity index (χ3v) is 3.62. The minimum atomic E-state index is -0.466. The Labute approximate surface area is 122 Å². The lowest BCUT2D eigenvalue weighted by atomic mass is 9.94. The van der Waals surface area contributed by atoms with Gasteiger partial charge >= 0.3 is 0 Å². The summed E-state index contributed by atoms with van der Waals surface area (Å²) in [7, 11) is 1.72. The van der Waals surface area contributed by atoms with Crippen LogP contribution >= 0.6 is 0 Å². The largest absolute Gasteiger partial charge is 0.362 e. The lowest BCUT2D eigenvalue weighted by molar-refractivity contribution is 0.0843. The smallest absolute Gasteiger partial charge is 0.150 e. The first kappa shape index (κ1) is 14.6. The fourth-order valence-electron chi connectivity index (χ4n) is 2.30. The quantitative estimate of drug-likeness (QED) is 0.739. The summed E-state index contributed by atoms with van der Waals surface area (Å²) in [6, 6.07) is 8.42. The van der Waals surface area contributed by atoms with Gasteiger partial charge in [-0.05, 0) is 30.5 Å². The molecule has 20 heavy (non-hydrogen) atoms. The molecule has 1 aliphatic rings. The van der Waals surface area contributed by atoms with Gasteiger partial charge < -0.3 is 4.74 Å². The highest BCUT2D eigenvalue weighted by Gasteiger charge is 2.23. The predicted molar refractivity (Wildman–Crippen MR) is 84.6 cm³/mol. The Hall–Kier alpha value is -1.78. The first-order valence-corrected chi connectivity index (χ1v) is 7.30. The molecule has 0 spiro atoms. The monoisotopic (exact) mass is 266 g/mol. The summed E-state index contributed by atoms with van der Waals surface area (Å²) in [5, 5.41) is 0. The van der Waals surface area contributed by atoms with Gasteiger partial charge in [0.15, 0.2) is 5.60 Å². The molecule has 0 amide bonds. The van der Waals surface area contributed by atoms with Gasteiger partial charge in [0.1, 0.15) is 0 Å². The Morgan fingerprint density at radius 1 is 1.25 bits per heavy atom. The van der Waals surface area contributed by atoms with E-state index in [1.54, 1.807) is 7.11 Å². The number of hydrogen-bond donors (Lipinski definition) is 0. The Kier molecular flexibility index (Phi) is 5.21. The highest BCUT2D eigenvalue weighted by molar-refractivity contribution is 5.44. The summed E-state index contributed by atoms with van der Waals surface area (Å²) in [5.41, 5.74) is 2.00. The van der Waals surface area contributed by atoms with Gasteiger partial charge in [-0.2, -0.15) is 0 Å². The Morgan fingerprint density at radius 2 is 2.10 bits per heavy atom. The van der Waals surface area contributed by atoms with Crippen LogP contribution in [0.15, 0.2) is 48.6 Å². The number of hydrogen-bond acceptors (Lipinski definition) is 1. The second-order valence-electron chi connectivity index (χ2n) is 5.10. The minimum Gasteiger partial charge on any atom is -0.362 e. The molecule has 0 fully saturated rings. The van der Waals surface area contributed by atoms with E-state index in [1.807, 2.05) is 18.2 Å². The first-order valence-electron chi connectivity index (χ1n) is 7.30. The van der Waals surface area contributed by atoms with Crippen molar-refractivity contribution in [3.8, 4) is 11.8 Å². The molecular weight excluding hydrogens is 244 g/mol. The summed E-state index contributed by atoms with van der Waals surface area (Å²) < 4.78 is 5.61. The maximum atomic E-state index is 5.61. The molecule has 0 bridgehead atoms. The second kappa shape index (κ2) is 7.12. The molecule has 0 aromatic heterocycles. The van der Waals surface area contributed by atoms with E-state index < -0.39 is 5.60 Å². The maximum absolute atomic E-state index is 5.61. The van der Waals surface area contributed by atoms with Crippen LogP contribution < -0.4 is 0 Å². The Morgan fingerprint density at radius 3 is 2.80 bits per heavy atom. The SMILES string of the molecule is CCCCc1ccccc1C#CC1(OC)C=CC=CC1. The zero-order valence-corrected chi connectivity index (χ0v) is 12.4. The van der Waals surface area contributed by atoms with Crippen LogP contribution in [0.1, 0.15) is 37.3 Å². The van der Waals surface area contributed by atoms with E-state index in [4.69, 9.17) is 4.74 Å². The van der Waals surface area contributed by atoms with Crippen molar-refractivity contribution in [3.63, 3.8) is 0 Å². The second-order valence-corrected chi connectivity index (χ2v) is 5.10. The van der Waals surface area contributed by atoms with E-state index in [1.165, 1.54) is 18.4 Å². The van der Waals surface area contributed by atoms with Crippen LogP contribution in [0.4, 0.5) is 0 Å². The van der Waals surface area contributed by atoms with Gasteiger partial charge in [-0.15, -0.1) is 0 Å². The predicted octanol–water partition coefficient (Wildman–Crippen LogP) is 4.28. The average Bonchev–Trinajstić information content (AvgIpc) is 2.52. The normalized spacial score (nSPS) is 20.5. The summed E-state index contributed by atoms with van der Waals surface area (Å²) >= 11 is 0. The Balaban J connectivity index is 2.23. The van der Waals surface area contributed by atoms with Crippen molar-refractivity contribution in [2.75, 3.05) is 7.11 Å². The fraction of sp³-hybridized carbons (Fsp3) is 0.368. The number of ether oxygens (including phenoxy) is 1. The molecule has 104 valence electrons. The van der Waals surface area contributed by atoms with Crippen LogP contribution in [-0.4, -0.2) is 12.7 Å². The third kappa shape index (κ3) is 3.62. The minimum absolute atomic E-state index is 0.466. The molecule has 0 saturated heterocycles. The van der Waals surface area contributed by atoms with Crippen LogP contribution in [0, 0.1) is 11.8 Å². The molecule has 1 aliphatic carbocycles. The molecule has 0 heterocycles. The molecule has 1 nitrogen and oxygen atoms in total. The van der Waals surface area contributed by atoms with E-state index >= 15 is 0 Å². The molecule has 0 aliphatic heterocycles. The highest BCUT2D eigenvalue weighted by atomic mass is 16.5. The van der Waals surface area contributed by atoms with Crippen LogP contribution in [0.3, 0.4) is 0 Å². The van der Waals surface area contributed by atoms with Gasteiger partial charge in [-0.25, -0.2) is 0 Å². The molecular formula is C19H22O. The van der Waals surface area contributed by atoms with Crippen molar-refractivity contribution in [1.82, 2.24) is 0 Å². The zero-order valence-electron chi connectivity index (χ0n) is 12.4. The van der Waals surface area contributed by atoms with Gasteiger partial charge in [0.05, 0.1) is 0 Å². The number of methoxy groups -OCH3 is 1. The molecule has 2 rings (SSSR count). The molecule has 1 aromatic carbocycles. The average molecular weight is 266 g/mol. The molecule has 0 radical (unpaired) electrons. The van der Waals surface area contributed by atoms with Gasteiger partial charge in [-0.3, -0.25) is 0 Å². The number of aryl methyl sites for hydroxylation is 1. The molecule has 0 N–H and O–H groups in total. The lowest BCUT2D eigenvalue weighted by Crippen LogP contribution is -2.27. The van der Waals surface area contributed by atoms with Crippen molar-refractivity contribution in [3.05, 3.63) is 59.7 Å². The van der Waals surface area contributed by atoms with Crippen LogP contribution in [0.5, 0.6) is 0 Å². The maximum Gasteiger partial charge on any atom is 0.150 e. The van der Waals surface area contributed by atoms with Crippen molar-refractivity contribution in [2.24, 2.45) is 0 Å². The van der Waals surface area contributed by atoms with Crippen LogP contribution in [0.25, 0.3) is 0 Å². The number of unbranched alkanes of at least 4 members (excludes halogenated alkanes) is 1. The van der Waals surface area contributed by atoms with Gasteiger partial charge in [0.25, 0.3) is 0 Å². The summed E-state index contributed by atoms with van der Waals surface area (Å²) in [6.45, 7) is 2.22. The third-order valence-electron chi connectivity index (χ3n) is 3.62. The molecule has 1 heteroatoms. The van der Waals surface area contributed by atoms with Gasteiger partial charge in [-0.1, -0.05) is 61.6 Å². The fourth-order valence-corrected chi connectivity index (χ4v) is 2.30. The van der Waals surface area contributed by atoms with Crippen molar-refractivity contribution < 1.29 is 4.74 Å². The molecule has 1 unspecified atom stereocenters. The Bertz CT molecular complexity index is 557. The van der Waals surface area contributed by atoms with Crippen molar-refractivity contribution in [1.29, 1.82) is 0 Å². The van der Waals surface area contributed by atoms with E-state index in [-0.39, 0.29) is 0 Å². The van der Waals surface area contributed by atoms with Crippen molar-refractivity contribution >= 4 is 0 Å².